The van der Waals surface area contributed by atoms with E-state index in [-0.39, 0.29) is 0 Å². The van der Waals surface area contributed by atoms with Crippen molar-refractivity contribution in [3.8, 4) is 11.6 Å². The molecule has 0 aliphatic rings. The molecule has 88 valence electrons. The van der Waals surface area contributed by atoms with Gasteiger partial charge in [0.2, 0.25) is 5.88 Å². The van der Waals surface area contributed by atoms with Crippen LogP contribution in [0.4, 0.5) is 5.69 Å². The molecule has 1 aromatic carbocycles. The molecule has 1 aromatic heterocycles. The van der Waals surface area contributed by atoms with Crippen LogP contribution in [0, 0.1) is 6.92 Å². The lowest BCUT2D eigenvalue weighted by Gasteiger charge is -2.09. The van der Waals surface area contributed by atoms with Crippen LogP contribution in [0.5, 0.6) is 11.6 Å². The maximum Gasteiger partial charge on any atom is 0.221 e. The number of benzene rings is 1. The Morgan fingerprint density at radius 1 is 1.29 bits per heavy atom. The summed E-state index contributed by atoms with van der Waals surface area (Å²) in [7, 11) is 0. The number of para-hydroxylation sites is 1. The highest BCUT2D eigenvalue weighted by molar-refractivity contribution is 7.98. The van der Waals surface area contributed by atoms with Gasteiger partial charge in [0, 0.05) is 22.8 Å². The summed E-state index contributed by atoms with van der Waals surface area (Å²) in [6.07, 6.45) is 3.73. The van der Waals surface area contributed by atoms with Gasteiger partial charge in [0.1, 0.15) is 5.75 Å². The van der Waals surface area contributed by atoms with E-state index in [1.54, 1.807) is 24.0 Å². The van der Waals surface area contributed by atoms with Gasteiger partial charge >= 0.3 is 0 Å². The van der Waals surface area contributed by atoms with E-state index in [1.165, 1.54) is 0 Å². The fourth-order valence-electron chi connectivity index (χ4n) is 1.39. The largest absolute Gasteiger partial charge is 0.438 e. The van der Waals surface area contributed by atoms with Crippen molar-refractivity contribution in [3.05, 3.63) is 42.1 Å². The molecule has 0 aliphatic carbocycles. The molecule has 0 saturated heterocycles. The van der Waals surface area contributed by atoms with Crippen LogP contribution in [-0.4, -0.2) is 11.2 Å². The molecule has 17 heavy (non-hydrogen) atoms. The Kier molecular flexibility index (Phi) is 3.54. The Labute approximate surface area is 105 Å². The second kappa shape index (κ2) is 5.10. The van der Waals surface area contributed by atoms with Crippen LogP contribution in [0.1, 0.15) is 5.56 Å². The van der Waals surface area contributed by atoms with Crippen molar-refractivity contribution >= 4 is 17.4 Å². The number of thioether (sulfide) groups is 1. The molecule has 0 spiro atoms. The van der Waals surface area contributed by atoms with Gasteiger partial charge in [-0.15, -0.1) is 11.8 Å². The fourth-order valence-corrected chi connectivity index (χ4v) is 1.92. The molecule has 0 fully saturated rings. The first-order chi connectivity index (χ1) is 8.20. The Hall–Kier alpha value is -1.68. The third-order valence-corrected chi connectivity index (χ3v) is 3.18. The lowest BCUT2D eigenvalue weighted by molar-refractivity contribution is 0.452. The van der Waals surface area contributed by atoms with E-state index in [9.17, 15) is 0 Å². The average molecular weight is 246 g/mol. The molecule has 0 aliphatic heterocycles. The van der Waals surface area contributed by atoms with Crippen LogP contribution in [0.3, 0.4) is 0 Å². The summed E-state index contributed by atoms with van der Waals surface area (Å²) in [5.41, 5.74) is 7.47. The Balaban J connectivity index is 2.28. The zero-order chi connectivity index (χ0) is 12.3. The predicted octanol–water partition coefficient (Wildman–Crippen LogP) is 3.49. The van der Waals surface area contributed by atoms with Crippen molar-refractivity contribution in [2.24, 2.45) is 0 Å². The molecule has 0 radical (unpaired) electrons. The molecule has 0 atom stereocenters. The molecule has 3 nitrogen and oxygen atoms in total. The first-order valence-electron chi connectivity index (χ1n) is 5.23. The number of nitrogens with two attached hydrogens (primary N) is 1. The van der Waals surface area contributed by atoms with Gasteiger partial charge in [0.15, 0.2) is 0 Å². The van der Waals surface area contributed by atoms with Crippen molar-refractivity contribution in [2.75, 3.05) is 12.0 Å². The van der Waals surface area contributed by atoms with E-state index in [4.69, 9.17) is 10.5 Å². The number of rotatable bonds is 3. The summed E-state index contributed by atoms with van der Waals surface area (Å²) in [4.78, 5) is 5.28. The summed E-state index contributed by atoms with van der Waals surface area (Å²) < 4.78 is 5.72. The van der Waals surface area contributed by atoms with Gasteiger partial charge in [-0.1, -0.05) is 12.1 Å². The lowest BCUT2D eigenvalue weighted by Crippen LogP contribution is -1.94. The van der Waals surface area contributed by atoms with Crippen molar-refractivity contribution in [1.29, 1.82) is 0 Å². The zero-order valence-electron chi connectivity index (χ0n) is 9.81. The minimum atomic E-state index is 0.523. The van der Waals surface area contributed by atoms with Crippen LogP contribution in [0.2, 0.25) is 0 Å². The van der Waals surface area contributed by atoms with Crippen LogP contribution in [0.15, 0.2) is 41.4 Å². The number of aromatic nitrogens is 1. The van der Waals surface area contributed by atoms with E-state index in [0.717, 1.165) is 16.2 Å². The van der Waals surface area contributed by atoms with Gasteiger partial charge in [-0.05, 0) is 30.9 Å². The van der Waals surface area contributed by atoms with E-state index in [0.29, 0.717) is 11.6 Å². The third kappa shape index (κ3) is 2.71. The number of nitrogen functional groups attached to an aromatic ring is 1. The second-order valence-electron chi connectivity index (χ2n) is 3.63. The lowest BCUT2D eigenvalue weighted by atomic mass is 10.3. The number of hydrogen-bond acceptors (Lipinski definition) is 4. The first-order valence-corrected chi connectivity index (χ1v) is 6.46. The predicted molar refractivity (Wildman–Crippen MR) is 71.7 cm³/mol. The summed E-state index contributed by atoms with van der Waals surface area (Å²) >= 11 is 1.64. The standard InChI is InChI=1S/C13H14N2OS/c1-9-8-15-13(7-10(9)14)16-11-5-3-4-6-12(11)17-2/h3-8H,1-2H3,(H2,14,15). The quantitative estimate of drug-likeness (QED) is 0.842. The zero-order valence-corrected chi connectivity index (χ0v) is 10.6. The van der Waals surface area contributed by atoms with Gasteiger partial charge in [-0.3, -0.25) is 0 Å². The summed E-state index contributed by atoms with van der Waals surface area (Å²) in [6.45, 7) is 1.92. The van der Waals surface area contributed by atoms with Crippen molar-refractivity contribution in [2.45, 2.75) is 11.8 Å². The molecule has 0 bridgehead atoms. The van der Waals surface area contributed by atoms with E-state index in [1.807, 2.05) is 37.4 Å². The van der Waals surface area contributed by atoms with E-state index < -0.39 is 0 Å². The fraction of sp³-hybridized carbons (Fsp3) is 0.154. The molecule has 4 heteroatoms. The molecule has 0 saturated carbocycles. The number of aryl methyl sites for hydroxylation is 1. The Bertz CT molecular complexity index is 529. The third-order valence-electron chi connectivity index (χ3n) is 2.40. The number of ether oxygens (including phenoxy) is 1. The topological polar surface area (TPSA) is 48.1 Å². The van der Waals surface area contributed by atoms with E-state index in [2.05, 4.69) is 4.98 Å². The average Bonchev–Trinajstić information content (AvgIpc) is 2.34. The number of pyridine rings is 1. The molecule has 2 N–H and O–H groups in total. The number of nitrogens with zero attached hydrogens (tertiary/aromatic N) is 1. The normalized spacial score (nSPS) is 10.2. The molecule has 0 amide bonds. The molecule has 0 unspecified atom stereocenters. The van der Waals surface area contributed by atoms with Crippen molar-refractivity contribution in [3.63, 3.8) is 0 Å². The first kappa shape index (κ1) is 11.8. The SMILES string of the molecule is CSc1ccccc1Oc1cc(N)c(C)cn1. The van der Waals surface area contributed by atoms with Gasteiger partial charge in [0.25, 0.3) is 0 Å². The molecule has 2 aromatic rings. The Morgan fingerprint density at radius 3 is 2.76 bits per heavy atom. The van der Waals surface area contributed by atoms with Crippen LogP contribution < -0.4 is 10.5 Å². The molecule has 1 heterocycles. The van der Waals surface area contributed by atoms with Gasteiger partial charge in [0.05, 0.1) is 0 Å². The second-order valence-corrected chi connectivity index (χ2v) is 4.48. The minimum Gasteiger partial charge on any atom is -0.438 e. The van der Waals surface area contributed by atoms with Crippen LogP contribution in [-0.2, 0) is 0 Å². The molecular weight excluding hydrogens is 232 g/mol. The van der Waals surface area contributed by atoms with Crippen LogP contribution >= 0.6 is 11.8 Å². The molecular formula is C13H14N2OS. The highest BCUT2D eigenvalue weighted by Gasteiger charge is 2.05. The number of hydrogen-bond donors (Lipinski definition) is 1. The van der Waals surface area contributed by atoms with E-state index >= 15 is 0 Å². The van der Waals surface area contributed by atoms with Gasteiger partial charge in [-0.2, -0.15) is 0 Å². The molecule has 2 rings (SSSR count). The maximum absolute atomic E-state index is 5.82. The Morgan fingerprint density at radius 2 is 2.06 bits per heavy atom. The van der Waals surface area contributed by atoms with Crippen LogP contribution in [0.25, 0.3) is 0 Å². The summed E-state index contributed by atoms with van der Waals surface area (Å²) in [5.74, 6) is 1.32. The monoisotopic (exact) mass is 246 g/mol. The highest BCUT2D eigenvalue weighted by Crippen LogP contribution is 2.31. The highest BCUT2D eigenvalue weighted by atomic mass is 32.2. The number of anilines is 1. The van der Waals surface area contributed by atoms with Gasteiger partial charge < -0.3 is 10.5 Å². The summed E-state index contributed by atoms with van der Waals surface area (Å²) in [6, 6.07) is 9.59. The van der Waals surface area contributed by atoms with Crippen molar-refractivity contribution < 1.29 is 4.74 Å². The van der Waals surface area contributed by atoms with Gasteiger partial charge in [-0.25, -0.2) is 4.98 Å². The maximum atomic E-state index is 5.82. The van der Waals surface area contributed by atoms with Crippen molar-refractivity contribution in [1.82, 2.24) is 4.98 Å². The minimum absolute atomic E-state index is 0.523. The smallest absolute Gasteiger partial charge is 0.221 e. The summed E-state index contributed by atoms with van der Waals surface area (Å²) in [5, 5.41) is 0.